The van der Waals surface area contributed by atoms with Gasteiger partial charge in [0.1, 0.15) is 11.4 Å². The van der Waals surface area contributed by atoms with E-state index in [4.69, 9.17) is 16.3 Å². The normalized spacial score (nSPS) is 27.5. The van der Waals surface area contributed by atoms with Gasteiger partial charge in [0, 0.05) is 17.0 Å². The van der Waals surface area contributed by atoms with E-state index in [0.717, 1.165) is 0 Å². The molecule has 1 aromatic carbocycles. The Morgan fingerprint density at radius 2 is 2.05 bits per heavy atom. The third kappa shape index (κ3) is 1.76. The summed E-state index contributed by atoms with van der Waals surface area (Å²) in [6.07, 6.45) is 0.352. The Kier molecular flexibility index (Phi) is 2.35. The number of rotatable bonds is 0. The summed E-state index contributed by atoms with van der Waals surface area (Å²) in [5.41, 5.74) is -1.06. The quantitative estimate of drug-likeness (QED) is 0.714. The zero-order chi connectivity index (χ0) is 13.8. The van der Waals surface area contributed by atoms with Crippen LogP contribution in [0.3, 0.4) is 0 Å². The van der Waals surface area contributed by atoms with Crippen LogP contribution in [0.25, 0.3) is 0 Å². The zero-order valence-electron chi connectivity index (χ0n) is 10.5. The average molecular weight is 281 g/mol. The molecule has 3 amide bonds. The highest BCUT2D eigenvalue weighted by Gasteiger charge is 2.55. The van der Waals surface area contributed by atoms with Gasteiger partial charge in [0.25, 0.3) is 5.91 Å². The second-order valence-electron chi connectivity index (χ2n) is 5.49. The molecular weight excluding hydrogens is 268 g/mol. The number of hydrogen-bond donors (Lipinski definition) is 2. The summed E-state index contributed by atoms with van der Waals surface area (Å²) < 4.78 is 5.85. The second-order valence-corrected chi connectivity index (χ2v) is 5.93. The van der Waals surface area contributed by atoms with Crippen molar-refractivity contribution in [2.24, 2.45) is 0 Å². The van der Waals surface area contributed by atoms with Gasteiger partial charge in [-0.2, -0.15) is 0 Å². The maximum Gasteiger partial charge on any atom is 0.322 e. The van der Waals surface area contributed by atoms with Gasteiger partial charge in [-0.15, -0.1) is 0 Å². The van der Waals surface area contributed by atoms with E-state index in [2.05, 4.69) is 10.6 Å². The summed E-state index contributed by atoms with van der Waals surface area (Å²) in [7, 11) is 0. The predicted octanol–water partition coefficient (Wildman–Crippen LogP) is 1.94. The summed E-state index contributed by atoms with van der Waals surface area (Å²) in [5, 5.41) is 5.50. The number of benzene rings is 1. The van der Waals surface area contributed by atoms with Crippen LogP contribution in [0.15, 0.2) is 18.2 Å². The number of halogens is 1. The van der Waals surface area contributed by atoms with Crippen molar-refractivity contribution in [3.05, 3.63) is 28.8 Å². The molecule has 2 aliphatic rings. The van der Waals surface area contributed by atoms with Crippen molar-refractivity contribution >= 4 is 23.5 Å². The Hall–Kier alpha value is -1.75. The van der Waals surface area contributed by atoms with E-state index in [1.54, 1.807) is 18.2 Å². The molecular formula is C13H13ClN2O3. The van der Waals surface area contributed by atoms with Crippen LogP contribution in [0.5, 0.6) is 5.75 Å². The largest absolute Gasteiger partial charge is 0.487 e. The lowest BCUT2D eigenvalue weighted by atomic mass is 9.77. The molecule has 6 heteroatoms. The molecule has 100 valence electrons. The van der Waals surface area contributed by atoms with Crippen LogP contribution in [0, 0.1) is 0 Å². The number of nitrogens with one attached hydrogen (secondary N) is 2. The molecule has 3 rings (SSSR count). The minimum Gasteiger partial charge on any atom is -0.487 e. The molecule has 0 aromatic heterocycles. The first-order chi connectivity index (χ1) is 8.82. The molecule has 2 heterocycles. The number of urea groups is 1. The van der Waals surface area contributed by atoms with Crippen LogP contribution >= 0.6 is 11.6 Å². The first kappa shape index (κ1) is 12.3. The van der Waals surface area contributed by atoms with Gasteiger partial charge in [0.05, 0.1) is 0 Å². The number of amides is 3. The first-order valence-electron chi connectivity index (χ1n) is 5.95. The van der Waals surface area contributed by atoms with Crippen LogP contribution in [0.1, 0.15) is 25.8 Å². The smallest absolute Gasteiger partial charge is 0.322 e. The highest BCUT2D eigenvalue weighted by atomic mass is 35.5. The van der Waals surface area contributed by atoms with Crippen molar-refractivity contribution in [2.45, 2.75) is 31.4 Å². The number of carbonyl (C=O) groups is 2. The van der Waals surface area contributed by atoms with Gasteiger partial charge in [-0.05, 0) is 32.0 Å². The third-order valence-electron chi connectivity index (χ3n) is 3.42. The van der Waals surface area contributed by atoms with Crippen LogP contribution in [-0.2, 0) is 10.3 Å². The lowest BCUT2D eigenvalue weighted by Crippen LogP contribution is -2.53. The maximum absolute atomic E-state index is 12.2. The molecule has 2 N–H and O–H groups in total. The minimum absolute atomic E-state index is 0.352. The molecule has 0 saturated carbocycles. The van der Waals surface area contributed by atoms with Crippen molar-refractivity contribution in [1.82, 2.24) is 10.6 Å². The van der Waals surface area contributed by atoms with E-state index in [-0.39, 0.29) is 5.91 Å². The van der Waals surface area contributed by atoms with E-state index in [9.17, 15) is 9.59 Å². The summed E-state index contributed by atoms with van der Waals surface area (Å²) in [5.74, 6) is 0.204. The molecule has 0 aliphatic carbocycles. The Balaban J connectivity index is 2.23. The summed E-state index contributed by atoms with van der Waals surface area (Å²) in [6, 6.07) is 4.59. The van der Waals surface area contributed by atoms with E-state index in [1.807, 2.05) is 13.8 Å². The lowest BCUT2D eigenvalue weighted by Gasteiger charge is -2.42. The Morgan fingerprint density at radius 1 is 1.32 bits per heavy atom. The number of imide groups is 1. The van der Waals surface area contributed by atoms with Gasteiger partial charge in [0.2, 0.25) is 0 Å². The molecule has 1 atom stereocenters. The fourth-order valence-electron chi connectivity index (χ4n) is 2.80. The van der Waals surface area contributed by atoms with E-state index < -0.39 is 17.2 Å². The SMILES string of the molecule is CC1(C)CC2(NC(=O)NC2=O)c2cc(Cl)ccc2O1. The molecule has 0 radical (unpaired) electrons. The van der Waals surface area contributed by atoms with Gasteiger partial charge in [0.15, 0.2) is 5.54 Å². The number of hydrogen-bond acceptors (Lipinski definition) is 3. The molecule has 2 aliphatic heterocycles. The zero-order valence-corrected chi connectivity index (χ0v) is 11.3. The van der Waals surface area contributed by atoms with Crippen LogP contribution < -0.4 is 15.4 Å². The standard InChI is InChI=1S/C13H13ClN2O3/c1-12(2)6-13(10(17)15-11(18)16-13)8-5-7(14)3-4-9(8)19-12/h3-5H,6H2,1-2H3,(H2,15,16,17,18). The maximum atomic E-state index is 12.2. The van der Waals surface area contributed by atoms with Gasteiger partial charge in [-0.25, -0.2) is 4.79 Å². The Labute approximate surface area is 115 Å². The molecule has 5 nitrogen and oxygen atoms in total. The highest BCUT2D eigenvalue weighted by Crippen LogP contribution is 2.45. The van der Waals surface area contributed by atoms with Gasteiger partial charge in [-0.3, -0.25) is 10.1 Å². The monoisotopic (exact) mass is 280 g/mol. The van der Waals surface area contributed by atoms with Crippen molar-refractivity contribution in [3.8, 4) is 5.75 Å². The average Bonchev–Trinajstić information content (AvgIpc) is 2.54. The van der Waals surface area contributed by atoms with Crippen molar-refractivity contribution < 1.29 is 14.3 Å². The Bertz CT molecular complexity index is 600. The number of carbonyl (C=O) groups excluding carboxylic acids is 2. The summed E-state index contributed by atoms with van der Waals surface area (Å²) >= 11 is 5.99. The third-order valence-corrected chi connectivity index (χ3v) is 3.66. The van der Waals surface area contributed by atoms with Gasteiger partial charge >= 0.3 is 6.03 Å². The second kappa shape index (κ2) is 3.63. The van der Waals surface area contributed by atoms with Crippen molar-refractivity contribution in [3.63, 3.8) is 0 Å². The number of ether oxygens (including phenoxy) is 1. The molecule has 19 heavy (non-hydrogen) atoms. The molecule has 1 unspecified atom stereocenters. The predicted molar refractivity (Wildman–Crippen MR) is 69.1 cm³/mol. The van der Waals surface area contributed by atoms with Crippen molar-refractivity contribution in [2.75, 3.05) is 0 Å². The Morgan fingerprint density at radius 3 is 2.68 bits per heavy atom. The molecule has 1 fully saturated rings. The molecule has 1 aromatic rings. The van der Waals surface area contributed by atoms with E-state index >= 15 is 0 Å². The fraction of sp³-hybridized carbons (Fsp3) is 0.385. The first-order valence-corrected chi connectivity index (χ1v) is 6.33. The fourth-order valence-corrected chi connectivity index (χ4v) is 2.97. The van der Waals surface area contributed by atoms with Crippen LogP contribution in [0.4, 0.5) is 4.79 Å². The van der Waals surface area contributed by atoms with E-state index in [1.165, 1.54) is 0 Å². The molecule has 1 spiro atoms. The van der Waals surface area contributed by atoms with Crippen molar-refractivity contribution in [1.29, 1.82) is 0 Å². The van der Waals surface area contributed by atoms with Crippen LogP contribution in [0.2, 0.25) is 5.02 Å². The summed E-state index contributed by atoms with van der Waals surface area (Å²) in [6.45, 7) is 3.76. The topological polar surface area (TPSA) is 67.4 Å². The summed E-state index contributed by atoms with van der Waals surface area (Å²) in [4.78, 5) is 23.7. The number of fused-ring (bicyclic) bond motifs is 2. The minimum atomic E-state index is -1.10. The van der Waals surface area contributed by atoms with Gasteiger partial charge < -0.3 is 10.1 Å². The van der Waals surface area contributed by atoms with Gasteiger partial charge in [-0.1, -0.05) is 11.6 Å². The highest BCUT2D eigenvalue weighted by molar-refractivity contribution is 6.30. The van der Waals surface area contributed by atoms with E-state index in [0.29, 0.717) is 22.8 Å². The van der Waals surface area contributed by atoms with Crippen LogP contribution in [-0.4, -0.2) is 17.5 Å². The lowest BCUT2D eigenvalue weighted by molar-refractivity contribution is -0.127. The molecule has 1 saturated heterocycles. The molecule has 0 bridgehead atoms.